The summed E-state index contributed by atoms with van der Waals surface area (Å²) in [7, 11) is 1.07. The number of carbonyl (C=O) groups is 1. The molecule has 4 nitrogen and oxygen atoms in total. The van der Waals surface area contributed by atoms with Gasteiger partial charge in [-0.3, -0.25) is 0 Å². The summed E-state index contributed by atoms with van der Waals surface area (Å²) < 4.78 is 68.7. The van der Waals surface area contributed by atoms with Gasteiger partial charge in [0.15, 0.2) is 0 Å². The molecule has 0 heterocycles. The van der Waals surface area contributed by atoms with Crippen LogP contribution in [-0.4, -0.2) is 13.3 Å². The molecule has 0 N–H and O–H groups in total. The van der Waals surface area contributed by atoms with Crippen molar-refractivity contribution in [3.8, 4) is 11.5 Å². The molecule has 0 atom stereocenters. The van der Waals surface area contributed by atoms with Crippen molar-refractivity contribution < 1.29 is 36.6 Å². The van der Waals surface area contributed by atoms with E-state index in [0.29, 0.717) is 0 Å². The van der Waals surface area contributed by atoms with Crippen molar-refractivity contribution >= 4 is 6.16 Å². The molecular formula is C18H16F4O4. The Morgan fingerprint density at radius 3 is 2.46 bits per heavy atom. The molecule has 0 amide bonds. The number of hydrogen-bond acceptors (Lipinski definition) is 4. The summed E-state index contributed by atoms with van der Waals surface area (Å²) in [5, 5.41) is 0. The lowest BCUT2D eigenvalue weighted by molar-refractivity contribution is 0.120. The van der Waals surface area contributed by atoms with Crippen molar-refractivity contribution in [2.75, 3.05) is 7.11 Å². The van der Waals surface area contributed by atoms with Crippen molar-refractivity contribution in [1.29, 1.82) is 0 Å². The fourth-order valence-electron chi connectivity index (χ4n) is 2.24. The van der Waals surface area contributed by atoms with Gasteiger partial charge in [-0.1, -0.05) is 13.0 Å². The number of carbonyl (C=O) groups excluding carboxylic acids is 1. The summed E-state index contributed by atoms with van der Waals surface area (Å²) in [6, 6.07) is 5.51. The van der Waals surface area contributed by atoms with E-state index in [1.54, 1.807) is 6.92 Å². The van der Waals surface area contributed by atoms with E-state index >= 15 is 0 Å². The maximum atomic E-state index is 14.0. The van der Waals surface area contributed by atoms with E-state index in [1.165, 1.54) is 12.1 Å². The summed E-state index contributed by atoms with van der Waals surface area (Å²) in [4.78, 5) is 11.2. The van der Waals surface area contributed by atoms with Crippen LogP contribution in [0, 0.1) is 11.6 Å². The van der Waals surface area contributed by atoms with Gasteiger partial charge in [0.05, 0.1) is 18.2 Å². The van der Waals surface area contributed by atoms with E-state index in [1.807, 2.05) is 0 Å². The third-order valence-corrected chi connectivity index (χ3v) is 3.60. The first kappa shape index (κ1) is 19.6. The smallest absolute Gasteiger partial charge is 0.488 e. The lowest BCUT2D eigenvalue weighted by atomic mass is 10.1. The van der Waals surface area contributed by atoms with Gasteiger partial charge in [0.1, 0.15) is 29.7 Å². The highest BCUT2D eigenvalue weighted by Crippen LogP contribution is 2.33. The lowest BCUT2D eigenvalue weighted by Crippen LogP contribution is -2.11. The van der Waals surface area contributed by atoms with Gasteiger partial charge in [0.25, 0.3) is 6.43 Å². The molecule has 8 heteroatoms. The second kappa shape index (κ2) is 8.55. The minimum Gasteiger partial charge on any atom is -0.488 e. The van der Waals surface area contributed by atoms with E-state index in [-0.39, 0.29) is 23.3 Å². The van der Waals surface area contributed by atoms with Gasteiger partial charge < -0.3 is 14.2 Å². The number of benzene rings is 2. The Morgan fingerprint density at radius 2 is 1.85 bits per heavy atom. The minimum atomic E-state index is -2.90. The number of methoxy groups -OCH3 is 1. The number of aryl methyl sites for hydroxylation is 1. The molecule has 0 aromatic heterocycles. The van der Waals surface area contributed by atoms with E-state index in [2.05, 4.69) is 4.74 Å². The second-order valence-electron chi connectivity index (χ2n) is 5.20. The topological polar surface area (TPSA) is 44.8 Å². The van der Waals surface area contributed by atoms with Crippen LogP contribution in [0.5, 0.6) is 11.5 Å². The Labute approximate surface area is 147 Å². The average Bonchev–Trinajstić information content (AvgIpc) is 2.60. The quantitative estimate of drug-likeness (QED) is 0.398. The van der Waals surface area contributed by atoms with Crippen LogP contribution in [0.2, 0.25) is 0 Å². The van der Waals surface area contributed by atoms with Gasteiger partial charge in [0.2, 0.25) is 0 Å². The highest BCUT2D eigenvalue weighted by atomic mass is 19.3. The van der Waals surface area contributed by atoms with Crippen LogP contribution in [0.25, 0.3) is 0 Å². The fourth-order valence-corrected chi connectivity index (χ4v) is 2.24. The largest absolute Gasteiger partial charge is 0.513 e. The van der Waals surface area contributed by atoms with Crippen LogP contribution < -0.4 is 9.47 Å². The van der Waals surface area contributed by atoms with Crippen molar-refractivity contribution in [1.82, 2.24) is 0 Å². The van der Waals surface area contributed by atoms with Gasteiger partial charge in [-0.05, 0) is 30.2 Å². The second-order valence-corrected chi connectivity index (χ2v) is 5.20. The Bertz CT molecular complexity index is 793. The Morgan fingerprint density at radius 1 is 1.12 bits per heavy atom. The number of alkyl halides is 2. The van der Waals surface area contributed by atoms with E-state index in [4.69, 9.17) is 9.47 Å². The maximum Gasteiger partial charge on any atom is 0.513 e. The third-order valence-electron chi connectivity index (χ3n) is 3.60. The van der Waals surface area contributed by atoms with Crippen LogP contribution in [0.15, 0.2) is 30.3 Å². The molecule has 0 bridgehead atoms. The first-order valence-corrected chi connectivity index (χ1v) is 7.63. The molecule has 2 rings (SSSR count). The van der Waals surface area contributed by atoms with E-state index < -0.39 is 42.1 Å². The van der Waals surface area contributed by atoms with Crippen LogP contribution in [-0.2, 0) is 17.8 Å². The predicted molar refractivity (Wildman–Crippen MR) is 84.5 cm³/mol. The molecule has 0 fully saturated rings. The van der Waals surface area contributed by atoms with Crippen molar-refractivity contribution in [3.05, 3.63) is 58.7 Å². The highest BCUT2D eigenvalue weighted by molar-refractivity contribution is 5.64. The lowest BCUT2D eigenvalue weighted by Gasteiger charge is -2.15. The van der Waals surface area contributed by atoms with Crippen LogP contribution in [0.1, 0.15) is 30.0 Å². The van der Waals surface area contributed by atoms with Gasteiger partial charge in [-0.15, -0.1) is 0 Å². The molecule has 0 radical (unpaired) electrons. The molecule has 0 spiro atoms. The molecule has 0 aliphatic rings. The average molecular weight is 372 g/mol. The zero-order valence-electron chi connectivity index (χ0n) is 14.0. The fraction of sp³-hybridized carbons (Fsp3) is 0.278. The molecule has 0 saturated heterocycles. The van der Waals surface area contributed by atoms with Crippen molar-refractivity contribution in [3.63, 3.8) is 0 Å². The summed E-state index contributed by atoms with van der Waals surface area (Å²) in [6.07, 6.45) is -3.75. The molecule has 26 heavy (non-hydrogen) atoms. The molecule has 0 unspecified atom stereocenters. The summed E-state index contributed by atoms with van der Waals surface area (Å²) >= 11 is 0. The molecule has 2 aromatic rings. The molecule has 140 valence electrons. The zero-order chi connectivity index (χ0) is 19.3. The van der Waals surface area contributed by atoms with E-state index in [0.717, 1.165) is 25.3 Å². The normalized spacial score (nSPS) is 10.7. The minimum absolute atomic E-state index is 0.119. The Kier molecular flexibility index (Phi) is 6.43. The molecule has 0 aliphatic heterocycles. The summed E-state index contributed by atoms with van der Waals surface area (Å²) in [6.45, 7) is 1.08. The number of ether oxygens (including phenoxy) is 3. The standard InChI is InChI=1S/C18H16F4O4/c1-3-10-7-11(17(21)22)16(8-14(10)20)25-9-12-13(19)5-4-6-15(12)26-18(23)24-2/h4-8,17H,3,9H2,1-2H3. The van der Waals surface area contributed by atoms with Crippen LogP contribution in [0.3, 0.4) is 0 Å². The summed E-state index contributed by atoms with van der Waals surface area (Å²) in [5.41, 5.74) is -0.582. The Balaban J connectivity index is 2.32. The molecular weight excluding hydrogens is 356 g/mol. The zero-order valence-corrected chi connectivity index (χ0v) is 14.0. The monoisotopic (exact) mass is 372 g/mol. The Hall–Kier alpha value is -2.77. The van der Waals surface area contributed by atoms with Crippen LogP contribution >= 0.6 is 0 Å². The first-order valence-electron chi connectivity index (χ1n) is 7.63. The van der Waals surface area contributed by atoms with Crippen molar-refractivity contribution in [2.24, 2.45) is 0 Å². The first-order chi connectivity index (χ1) is 12.4. The van der Waals surface area contributed by atoms with Gasteiger partial charge in [0, 0.05) is 6.07 Å². The predicted octanol–water partition coefficient (Wildman–Crippen LogP) is 5.19. The molecule has 0 aliphatic carbocycles. The number of rotatable bonds is 6. The SMILES string of the molecule is CCc1cc(C(F)F)c(OCc2c(F)cccc2OC(=O)OC)cc1F. The highest BCUT2D eigenvalue weighted by Gasteiger charge is 2.20. The summed E-state index contributed by atoms with van der Waals surface area (Å²) in [5.74, 6) is -2.09. The van der Waals surface area contributed by atoms with Crippen LogP contribution in [0.4, 0.5) is 22.4 Å². The van der Waals surface area contributed by atoms with Gasteiger partial charge in [-0.25, -0.2) is 22.4 Å². The van der Waals surface area contributed by atoms with Gasteiger partial charge >= 0.3 is 6.16 Å². The molecule has 2 aromatic carbocycles. The third kappa shape index (κ3) is 4.44. The van der Waals surface area contributed by atoms with Gasteiger partial charge in [-0.2, -0.15) is 0 Å². The van der Waals surface area contributed by atoms with E-state index in [9.17, 15) is 22.4 Å². The number of halogens is 4. The molecule has 0 saturated carbocycles. The van der Waals surface area contributed by atoms with Crippen molar-refractivity contribution in [2.45, 2.75) is 26.4 Å². The number of hydrogen-bond donors (Lipinski definition) is 0. The maximum absolute atomic E-state index is 14.0.